The van der Waals surface area contributed by atoms with Crippen molar-refractivity contribution < 1.29 is 4.74 Å². The second kappa shape index (κ2) is 3.73. The summed E-state index contributed by atoms with van der Waals surface area (Å²) in [5, 5.41) is 0. The van der Waals surface area contributed by atoms with Gasteiger partial charge in [0.15, 0.2) is 0 Å². The highest BCUT2D eigenvalue weighted by Gasteiger charge is 2.42. The lowest BCUT2D eigenvalue weighted by molar-refractivity contribution is -0.131. The van der Waals surface area contributed by atoms with Crippen molar-refractivity contribution in [2.45, 2.75) is 12.5 Å². The second-order valence-corrected chi connectivity index (χ2v) is 3.93. The summed E-state index contributed by atoms with van der Waals surface area (Å²) in [6.07, 6.45) is 0. The van der Waals surface area contributed by atoms with Crippen molar-refractivity contribution in [3.63, 3.8) is 0 Å². The van der Waals surface area contributed by atoms with Crippen molar-refractivity contribution in [3.8, 4) is 0 Å². The van der Waals surface area contributed by atoms with Crippen molar-refractivity contribution in [2.75, 3.05) is 47.4 Å². The molecule has 0 aromatic carbocycles. The van der Waals surface area contributed by atoms with Crippen LogP contribution in [0.3, 0.4) is 0 Å². The van der Waals surface area contributed by atoms with Crippen LogP contribution < -0.4 is 0 Å². The summed E-state index contributed by atoms with van der Waals surface area (Å²) < 4.78 is 5.53. The highest BCUT2D eigenvalue weighted by atomic mass is 16.5. The van der Waals surface area contributed by atoms with Gasteiger partial charge in [-0.3, -0.25) is 4.90 Å². The van der Waals surface area contributed by atoms with E-state index in [4.69, 9.17) is 4.74 Å². The topological polar surface area (TPSA) is 15.7 Å². The van der Waals surface area contributed by atoms with E-state index >= 15 is 0 Å². The number of nitrogens with zero attached hydrogens (tertiary/aromatic N) is 2. The van der Waals surface area contributed by atoms with E-state index in [9.17, 15) is 0 Å². The van der Waals surface area contributed by atoms with Crippen molar-refractivity contribution in [3.05, 3.63) is 0 Å². The summed E-state index contributed by atoms with van der Waals surface area (Å²) in [6, 6.07) is 0. The zero-order valence-electron chi connectivity index (χ0n) is 8.63. The standard InChI is InChI=1S/C9H20N2O/c1-5-11-7-9(8-11,12-4)6-10(2)3/h5-8H2,1-4H3. The molecule has 12 heavy (non-hydrogen) atoms. The third kappa shape index (κ3) is 1.97. The van der Waals surface area contributed by atoms with Crippen molar-refractivity contribution in [1.29, 1.82) is 0 Å². The van der Waals surface area contributed by atoms with Crippen LogP contribution >= 0.6 is 0 Å². The minimum atomic E-state index is 0.111. The fourth-order valence-corrected chi connectivity index (χ4v) is 1.86. The van der Waals surface area contributed by atoms with Gasteiger partial charge in [0, 0.05) is 26.7 Å². The molecule has 0 aromatic rings. The molecule has 72 valence electrons. The molecule has 3 heteroatoms. The van der Waals surface area contributed by atoms with Gasteiger partial charge in [-0.1, -0.05) is 6.92 Å². The van der Waals surface area contributed by atoms with Gasteiger partial charge < -0.3 is 9.64 Å². The van der Waals surface area contributed by atoms with Gasteiger partial charge in [-0.15, -0.1) is 0 Å². The summed E-state index contributed by atoms with van der Waals surface area (Å²) in [7, 11) is 6.00. The first-order chi connectivity index (χ1) is 5.62. The number of likely N-dealkylation sites (N-methyl/N-ethyl adjacent to an activating group) is 2. The molecule has 3 nitrogen and oxygen atoms in total. The Bertz CT molecular complexity index is 141. The monoisotopic (exact) mass is 172 g/mol. The predicted octanol–water partition coefficient (Wildman–Crippen LogP) is 0.269. The minimum Gasteiger partial charge on any atom is -0.374 e. The molecule has 0 aliphatic carbocycles. The Morgan fingerprint density at radius 1 is 1.42 bits per heavy atom. The van der Waals surface area contributed by atoms with Crippen LogP contribution in [-0.4, -0.2) is 62.8 Å². The molecule has 1 aliphatic heterocycles. The van der Waals surface area contributed by atoms with Crippen LogP contribution in [0.4, 0.5) is 0 Å². The van der Waals surface area contributed by atoms with Crippen LogP contribution in [0.1, 0.15) is 6.92 Å². The predicted molar refractivity (Wildman–Crippen MR) is 50.4 cm³/mol. The van der Waals surface area contributed by atoms with Gasteiger partial charge in [0.05, 0.1) is 0 Å². The maximum atomic E-state index is 5.53. The first-order valence-corrected chi connectivity index (χ1v) is 4.54. The summed E-state index contributed by atoms with van der Waals surface area (Å²) in [5.74, 6) is 0. The van der Waals surface area contributed by atoms with E-state index in [0.717, 1.165) is 26.2 Å². The fourth-order valence-electron chi connectivity index (χ4n) is 1.86. The minimum absolute atomic E-state index is 0.111. The van der Waals surface area contributed by atoms with Crippen LogP contribution in [0.2, 0.25) is 0 Å². The molecule has 0 aromatic heterocycles. The van der Waals surface area contributed by atoms with E-state index in [1.165, 1.54) is 0 Å². The first-order valence-electron chi connectivity index (χ1n) is 4.54. The lowest BCUT2D eigenvalue weighted by atomic mass is 9.93. The van der Waals surface area contributed by atoms with E-state index in [1.807, 2.05) is 7.11 Å². The molecular formula is C9H20N2O. The third-order valence-corrected chi connectivity index (χ3v) is 2.51. The summed E-state index contributed by atoms with van der Waals surface area (Å²) in [6.45, 7) is 6.52. The van der Waals surface area contributed by atoms with E-state index in [0.29, 0.717) is 0 Å². The van der Waals surface area contributed by atoms with Crippen molar-refractivity contribution in [2.24, 2.45) is 0 Å². The molecule has 0 spiro atoms. The van der Waals surface area contributed by atoms with E-state index in [1.54, 1.807) is 0 Å². The van der Waals surface area contributed by atoms with E-state index in [2.05, 4.69) is 30.8 Å². The van der Waals surface area contributed by atoms with Crippen LogP contribution in [0.5, 0.6) is 0 Å². The Morgan fingerprint density at radius 3 is 2.33 bits per heavy atom. The fraction of sp³-hybridized carbons (Fsp3) is 1.00. The molecular weight excluding hydrogens is 152 g/mol. The van der Waals surface area contributed by atoms with Gasteiger partial charge >= 0.3 is 0 Å². The van der Waals surface area contributed by atoms with Crippen LogP contribution in [0.15, 0.2) is 0 Å². The molecule has 0 bridgehead atoms. The van der Waals surface area contributed by atoms with Gasteiger partial charge in [0.25, 0.3) is 0 Å². The molecule has 1 aliphatic rings. The van der Waals surface area contributed by atoms with E-state index in [-0.39, 0.29) is 5.60 Å². The quantitative estimate of drug-likeness (QED) is 0.605. The lowest BCUT2D eigenvalue weighted by Gasteiger charge is -2.49. The number of hydrogen-bond acceptors (Lipinski definition) is 3. The third-order valence-electron chi connectivity index (χ3n) is 2.51. The molecule has 1 saturated heterocycles. The average Bonchev–Trinajstić information content (AvgIpc) is 1.95. The number of hydrogen-bond donors (Lipinski definition) is 0. The van der Waals surface area contributed by atoms with Crippen LogP contribution in [-0.2, 0) is 4.74 Å². The molecule has 0 N–H and O–H groups in total. The maximum Gasteiger partial charge on any atom is 0.106 e. The molecule has 1 heterocycles. The average molecular weight is 172 g/mol. The molecule has 1 rings (SSSR count). The summed E-state index contributed by atoms with van der Waals surface area (Å²) in [4.78, 5) is 4.59. The maximum absolute atomic E-state index is 5.53. The van der Waals surface area contributed by atoms with Crippen LogP contribution in [0.25, 0.3) is 0 Å². The highest BCUT2D eigenvalue weighted by molar-refractivity contribution is 4.98. The normalized spacial score (nSPS) is 22.8. The van der Waals surface area contributed by atoms with Gasteiger partial charge in [0.2, 0.25) is 0 Å². The first kappa shape index (κ1) is 9.96. The van der Waals surface area contributed by atoms with Crippen molar-refractivity contribution in [1.82, 2.24) is 9.80 Å². The summed E-state index contributed by atoms with van der Waals surface area (Å²) in [5.41, 5.74) is 0.111. The molecule has 0 atom stereocenters. The smallest absolute Gasteiger partial charge is 0.106 e. The second-order valence-electron chi connectivity index (χ2n) is 3.93. The Morgan fingerprint density at radius 2 is 2.00 bits per heavy atom. The summed E-state index contributed by atoms with van der Waals surface area (Å²) >= 11 is 0. The Kier molecular flexibility index (Phi) is 3.09. The van der Waals surface area contributed by atoms with Crippen molar-refractivity contribution >= 4 is 0 Å². The Labute approximate surface area is 75.3 Å². The van der Waals surface area contributed by atoms with Gasteiger partial charge in [-0.2, -0.15) is 0 Å². The molecule has 0 unspecified atom stereocenters. The number of rotatable bonds is 4. The molecule has 1 fully saturated rings. The number of likely N-dealkylation sites (tertiary alicyclic amines) is 1. The number of methoxy groups -OCH3 is 1. The van der Waals surface area contributed by atoms with Crippen LogP contribution in [0, 0.1) is 0 Å². The van der Waals surface area contributed by atoms with E-state index < -0.39 is 0 Å². The highest BCUT2D eigenvalue weighted by Crippen LogP contribution is 2.24. The zero-order valence-corrected chi connectivity index (χ0v) is 8.63. The number of ether oxygens (including phenoxy) is 1. The molecule has 0 amide bonds. The molecule has 0 saturated carbocycles. The van der Waals surface area contributed by atoms with Gasteiger partial charge in [-0.05, 0) is 20.6 Å². The molecule has 0 radical (unpaired) electrons. The van der Waals surface area contributed by atoms with Gasteiger partial charge in [0.1, 0.15) is 5.60 Å². The largest absolute Gasteiger partial charge is 0.374 e. The van der Waals surface area contributed by atoms with Gasteiger partial charge in [-0.25, -0.2) is 0 Å². The Balaban J connectivity index is 2.36. The lowest BCUT2D eigenvalue weighted by Crippen LogP contribution is -2.66. The SMILES string of the molecule is CCN1CC(CN(C)C)(OC)C1. The zero-order chi connectivity index (χ0) is 9.19. The Hall–Kier alpha value is -0.120.